The lowest BCUT2D eigenvalue weighted by Crippen LogP contribution is -2.55. The van der Waals surface area contributed by atoms with Crippen LogP contribution >= 0.6 is 0 Å². The maximum atomic E-state index is 11.5. The molecule has 1 aromatic carbocycles. The maximum Gasteiger partial charge on any atom is 0.120 e. The first kappa shape index (κ1) is 14.6. The number of rotatable bonds is 5. The molecule has 3 heteroatoms. The largest absolute Gasteiger partial charge is 0.497 e. The van der Waals surface area contributed by atoms with E-state index >= 15 is 0 Å². The van der Waals surface area contributed by atoms with Crippen molar-refractivity contribution in [3.63, 3.8) is 0 Å². The number of methoxy groups -OCH3 is 1. The van der Waals surface area contributed by atoms with Gasteiger partial charge in [0.05, 0.1) is 7.11 Å². The highest BCUT2D eigenvalue weighted by atomic mass is 16.5. The fraction of sp³-hybridized carbons (Fsp3) is 0.611. The zero-order valence-corrected chi connectivity index (χ0v) is 13.1. The second-order valence-electron chi connectivity index (χ2n) is 6.61. The molecule has 0 bridgehead atoms. The highest BCUT2D eigenvalue weighted by molar-refractivity contribution is 5.59. The Hall–Kier alpha value is -1.35. The van der Waals surface area contributed by atoms with Crippen molar-refractivity contribution in [2.75, 3.05) is 20.2 Å². The van der Waals surface area contributed by atoms with Gasteiger partial charge in [0.2, 0.25) is 0 Å². The van der Waals surface area contributed by atoms with Gasteiger partial charge in [-0.1, -0.05) is 19.4 Å². The van der Waals surface area contributed by atoms with Crippen molar-refractivity contribution in [3.05, 3.63) is 29.3 Å². The number of carbonyl (C=O) groups excluding carboxylic acids is 1. The van der Waals surface area contributed by atoms with Crippen LogP contribution in [0.4, 0.5) is 0 Å². The minimum atomic E-state index is -0.000116. The monoisotopic (exact) mass is 287 g/mol. The number of fused-ring (bicyclic) bond motifs is 3. The van der Waals surface area contributed by atoms with Gasteiger partial charge in [-0.15, -0.1) is 0 Å². The number of ether oxygens (including phenoxy) is 1. The molecule has 21 heavy (non-hydrogen) atoms. The third-order valence-electron chi connectivity index (χ3n) is 5.73. The van der Waals surface area contributed by atoms with Crippen LogP contribution in [0.25, 0.3) is 0 Å². The summed E-state index contributed by atoms with van der Waals surface area (Å²) < 4.78 is 5.43. The van der Waals surface area contributed by atoms with Crippen LogP contribution in [-0.4, -0.2) is 26.5 Å². The normalized spacial score (nSPS) is 30.6. The average molecular weight is 287 g/mol. The Morgan fingerprint density at radius 3 is 3.00 bits per heavy atom. The molecule has 0 spiro atoms. The molecule has 1 aliphatic heterocycles. The molecule has 1 heterocycles. The zero-order chi connectivity index (χ0) is 14.9. The number of piperidine rings is 1. The maximum absolute atomic E-state index is 11.5. The number of hydrogen-bond acceptors (Lipinski definition) is 3. The summed E-state index contributed by atoms with van der Waals surface area (Å²) in [5.74, 6) is 0.907. The molecule has 1 N–H and O–H groups in total. The SMILES string of the molecule is CCCC12CNCCC1(CC=O)c1cc(OC)ccc1C2. The van der Waals surface area contributed by atoms with E-state index in [0.29, 0.717) is 6.42 Å². The third-order valence-corrected chi connectivity index (χ3v) is 5.73. The summed E-state index contributed by atoms with van der Waals surface area (Å²) >= 11 is 0. The number of nitrogens with one attached hydrogen (secondary N) is 1. The smallest absolute Gasteiger partial charge is 0.120 e. The van der Waals surface area contributed by atoms with Gasteiger partial charge in [-0.25, -0.2) is 0 Å². The van der Waals surface area contributed by atoms with Crippen LogP contribution in [0.2, 0.25) is 0 Å². The topological polar surface area (TPSA) is 38.3 Å². The Bertz CT molecular complexity index is 538. The molecule has 0 aromatic heterocycles. The molecule has 2 aliphatic rings. The Labute approximate surface area is 127 Å². The molecule has 114 valence electrons. The molecule has 1 fully saturated rings. The molecule has 1 aliphatic carbocycles. The number of benzene rings is 1. The van der Waals surface area contributed by atoms with Crippen LogP contribution < -0.4 is 10.1 Å². The first-order chi connectivity index (χ1) is 10.2. The fourth-order valence-corrected chi connectivity index (χ4v) is 4.83. The average Bonchev–Trinajstić information content (AvgIpc) is 2.77. The van der Waals surface area contributed by atoms with Gasteiger partial charge in [0, 0.05) is 18.4 Å². The predicted octanol–water partition coefficient (Wildman–Crippen LogP) is 2.86. The van der Waals surface area contributed by atoms with Gasteiger partial charge in [0.1, 0.15) is 12.0 Å². The lowest BCUT2D eigenvalue weighted by Gasteiger charge is -2.50. The Morgan fingerprint density at radius 2 is 2.29 bits per heavy atom. The van der Waals surface area contributed by atoms with Crippen molar-refractivity contribution in [1.82, 2.24) is 5.32 Å². The third kappa shape index (κ3) is 2.02. The molecule has 0 amide bonds. The van der Waals surface area contributed by atoms with Crippen molar-refractivity contribution in [3.8, 4) is 5.75 Å². The molecule has 1 aromatic rings. The van der Waals surface area contributed by atoms with Crippen molar-refractivity contribution < 1.29 is 9.53 Å². The van der Waals surface area contributed by atoms with Gasteiger partial charge < -0.3 is 14.8 Å². The zero-order valence-electron chi connectivity index (χ0n) is 13.1. The second-order valence-corrected chi connectivity index (χ2v) is 6.61. The van der Waals surface area contributed by atoms with Crippen LogP contribution in [0, 0.1) is 5.41 Å². The molecular weight excluding hydrogens is 262 g/mol. The number of aldehydes is 1. The van der Waals surface area contributed by atoms with Crippen LogP contribution in [0.3, 0.4) is 0 Å². The summed E-state index contributed by atoms with van der Waals surface area (Å²) in [4.78, 5) is 11.5. The second kappa shape index (κ2) is 5.45. The lowest BCUT2D eigenvalue weighted by atomic mass is 9.57. The standard InChI is InChI=1S/C18H25NO2/c1-3-6-17-12-14-4-5-15(21-2)11-16(14)18(17,8-10-20)7-9-19-13-17/h4-5,10-11,19H,3,6-9,12-13H2,1-2H3. The minimum absolute atomic E-state index is 0.000116. The van der Waals surface area contributed by atoms with Gasteiger partial charge in [0.15, 0.2) is 0 Å². The Morgan fingerprint density at radius 1 is 1.43 bits per heavy atom. The molecule has 3 nitrogen and oxygen atoms in total. The van der Waals surface area contributed by atoms with Gasteiger partial charge in [-0.2, -0.15) is 0 Å². The summed E-state index contributed by atoms with van der Waals surface area (Å²) in [6.45, 7) is 4.26. The van der Waals surface area contributed by atoms with E-state index in [9.17, 15) is 4.79 Å². The Kier molecular flexibility index (Phi) is 3.78. The minimum Gasteiger partial charge on any atom is -0.497 e. The van der Waals surface area contributed by atoms with Crippen LogP contribution in [0.1, 0.15) is 43.7 Å². The predicted molar refractivity (Wildman–Crippen MR) is 83.9 cm³/mol. The lowest BCUT2D eigenvalue weighted by molar-refractivity contribution is -0.110. The number of hydrogen-bond donors (Lipinski definition) is 1. The van der Waals surface area contributed by atoms with E-state index in [-0.39, 0.29) is 10.8 Å². The number of carbonyl (C=O) groups is 1. The van der Waals surface area contributed by atoms with Crippen molar-refractivity contribution >= 4 is 6.29 Å². The van der Waals surface area contributed by atoms with Gasteiger partial charge in [0.25, 0.3) is 0 Å². The highest BCUT2D eigenvalue weighted by Crippen LogP contribution is 2.59. The van der Waals surface area contributed by atoms with Crippen LogP contribution in [0.15, 0.2) is 18.2 Å². The van der Waals surface area contributed by atoms with Crippen molar-refractivity contribution in [2.24, 2.45) is 5.41 Å². The van der Waals surface area contributed by atoms with Gasteiger partial charge in [-0.05, 0) is 54.5 Å². The van der Waals surface area contributed by atoms with E-state index < -0.39 is 0 Å². The summed E-state index contributed by atoms with van der Waals surface area (Å²) in [5.41, 5.74) is 2.97. The summed E-state index contributed by atoms with van der Waals surface area (Å²) in [6, 6.07) is 6.44. The van der Waals surface area contributed by atoms with Crippen molar-refractivity contribution in [2.45, 2.75) is 44.4 Å². The van der Waals surface area contributed by atoms with E-state index in [1.807, 2.05) is 0 Å². The van der Waals surface area contributed by atoms with Gasteiger partial charge >= 0.3 is 0 Å². The van der Waals surface area contributed by atoms with E-state index in [4.69, 9.17) is 4.74 Å². The van der Waals surface area contributed by atoms with E-state index in [1.165, 1.54) is 17.5 Å². The highest BCUT2D eigenvalue weighted by Gasteiger charge is 2.57. The molecule has 0 radical (unpaired) electrons. The molecule has 1 saturated heterocycles. The summed E-state index contributed by atoms with van der Waals surface area (Å²) in [7, 11) is 1.71. The molecule has 0 saturated carbocycles. The fourth-order valence-electron chi connectivity index (χ4n) is 4.83. The van der Waals surface area contributed by atoms with Crippen LogP contribution in [-0.2, 0) is 16.6 Å². The quantitative estimate of drug-likeness (QED) is 0.846. The first-order valence-corrected chi connectivity index (χ1v) is 8.03. The molecule has 3 rings (SSSR count). The molecular formula is C18H25NO2. The molecule has 2 atom stereocenters. The Balaban J connectivity index is 2.15. The van der Waals surface area contributed by atoms with E-state index in [0.717, 1.165) is 44.4 Å². The molecule has 2 unspecified atom stereocenters. The van der Waals surface area contributed by atoms with E-state index in [2.05, 4.69) is 30.4 Å². The van der Waals surface area contributed by atoms with Crippen LogP contribution in [0.5, 0.6) is 5.75 Å². The summed E-state index contributed by atoms with van der Waals surface area (Å²) in [6.07, 6.45) is 6.23. The van der Waals surface area contributed by atoms with Crippen molar-refractivity contribution in [1.29, 1.82) is 0 Å². The van der Waals surface area contributed by atoms with E-state index in [1.54, 1.807) is 7.11 Å². The first-order valence-electron chi connectivity index (χ1n) is 8.03. The van der Waals surface area contributed by atoms with Gasteiger partial charge in [-0.3, -0.25) is 0 Å². The summed E-state index contributed by atoms with van der Waals surface area (Å²) in [5, 5.41) is 3.58.